The van der Waals surface area contributed by atoms with Gasteiger partial charge in [0, 0.05) is 0 Å². The SMILES string of the molecule is COc1ccc(N2C(=O)C(=Cc3ccc(OC(=O)c4ccccc4)c(OC)c3)SC2=S)cc1. The monoisotopic (exact) mass is 477 g/mol. The first-order valence-corrected chi connectivity index (χ1v) is 11.1. The van der Waals surface area contributed by atoms with Crippen LogP contribution in [0.25, 0.3) is 6.08 Å². The van der Waals surface area contributed by atoms with Crippen LogP contribution >= 0.6 is 24.0 Å². The first-order chi connectivity index (χ1) is 16.0. The minimum absolute atomic E-state index is 0.214. The van der Waals surface area contributed by atoms with E-state index in [0.717, 1.165) is 0 Å². The molecule has 1 aliphatic heterocycles. The van der Waals surface area contributed by atoms with Crippen molar-refractivity contribution in [1.82, 2.24) is 0 Å². The van der Waals surface area contributed by atoms with E-state index in [1.807, 2.05) is 6.07 Å². The lowest BCUT2D eigenvalue weighted by molar-refractivity contribution is -0.113. The summed E-state index contributed by atoms with van der Waals surface area (Å²) in [6.07, 6.45) is 1.73. The molecule has 4 rings (SSSR count). The number of amides is 1. The van der Waals surface area contributed by atoms with Crippen molar-refractivity contribution in [3.63, 3.8) is 0 Å². The van der Waals surface area contributed by atoms with Crippen LogP contribution in [-0.2, 0) is 4.79 Å². The van der Waals surface area contributed by atoms with Gasteiger partial charge in [-0.1, -0.05) is 48.2 Å². The molecule has 3 aromatic rings. The summed E-state index contributed by atoms with van der Waals surface area (Å²) in [5.41, 5.74) is 1.81. The van der Waals surface area contributed by atoms with Crippen LogP contribution in [0.3, 0.4) is 0 Å². The van der Waals surface area contributed by atoms with Gasteiger partial charge in [-0.2, -0.15) is 0 Å². The number of hydrogen-bond acceptors (Lipinski definition) is 7. The molecular formula is C25H19NO5S2. The molecule has 0 N–H and O–H groups in total. The van der Waals surface area contributed by atoms with Crippen LogP contribution in [0.1, 0.15) is 15.9 Å². The van der Waals surface area contributed by atoms with Crippen molar-refractivity contribution in [3.8, 4) is 17.2 Å². The van der Waals surface area contributed by atoms with E-state index in [1.165, 1.54) is 23.8 Å². The molecule has 0 bridgehead atoms. The summed E-state index contributed by atoms with van der Waals surface area (Å²) in [5, 5.41) is 0. The van der Waals surface area contributed by atoms with Gasteiger partial charge >= 0.3 is 5.97 Å². The predicted octanol–water partition coefficient (Wildman–Crippen LogP) is 5.33. The summed E-state index contributed by atoms with van der Waals surface area (Å²) in [5.74, 6) is 0.656. The largest absolute Gasteiger partial charge is 0.497 e. The van der Waals surface area contributed by atoms with Crippen molar-refractivity contribution in [3.05, 3.63) is 88.8 Å². The van der Waals surface area contributed by atoms with Gasteiger partial charge in [-0.25, -0.2) is 4.79 Å². The van der Waals surface area contributed by atoms with Gasteiger partial charge in [0.05, 0.1) is 30.4 Å². The van der Waals surface area contributed by atoms with Gasteiger partial charge in [0.25, 0.3) is 5.91 Å². The Morgan fingerprint density at radius 3 is 2.33 bits per heavy atom. The highest BCUT2D eigenvalue weighted by atomic mass is 32.2. The molecule has 6 nitrogen and oxygen atoms in total. The number of carbonyl (C=O) groups is 2. The number of esters is 1. The van der Waals surface area contributed by atoms with Gasteiger partial charge in [-0.3, -0.25) is 9.69 Å². The van der Waals surface area contributed by atoms with Gasteiger partial charge in [0.2, 0.25) is 0 Å². The van der Waals surface area contributed by atoms with Gasteiger partial charge in [0.15, 0.2) is 15.8 Å². The lowest BCUT2D eigenvalue weighted by atomic mass is 10.1. The molecule has 0 radical (unpaired) electrons. The first kappa shape index (κ1) is 22.6. The molecule has 0 spiro atoms. The Labute approximate surface area is 200 Å². The maximum absolute atomic E-state index is 13.0. The highest BCUT2D eigenvalue weighted by Crippen LogP contribution is 2.37. The lowest BCUT2D eigenvalue weighted by Crippen LogP contribution is -2.27. The molecule has 1 aliphatic rings. The number of thiocarbonyl (C=S) groups is 1. The molecule has 0 atom stereocenters. The number of anilines is 1. The van der Waals surface area contributed by atoms with E-state index in [1.54, 1.807) is 79.9 Å². The molecule has 0 aliphatic carbocycles. The van der Waals surface area contributed by atoms with Crippen LogP contribution < -0.4 is 19.1 Å². The number of hydrogen-bond donors (Lipinski definition) is 0. The third kappa shape index (κ3) is 4.92. The van der Waals surface area contributed by atoms with Crippen molar-refractivity contribution in [2.45, 2.75) is 0 Å². The molecule has 0 aromatic heterocycles. The van der Waals surface area contributed by atoms with E-state index in [9.17, 15) is 9.59 Å². The number of methoxy groups -OCH3 is 2. The van der Waals surface area contributed by atoms with E-state index in [-0.39, 0.29) is 11.7 Å². The van der Waals surface area contributed by atoms with Crippen molar-refractivity contribution in [1.29, 1.82) is 0 Å². The third-order valence-electron chi connectivity index (χ3n) is 4.82. The molecular weight excluding hydrogens is 458 g/mol. The summed E-state index contributed by atoms with van der Waals surface area (Å²) in [6.45, 7) is 0. The zero-order valence-electron chi connectivity index (χ0n) is 17.8. The van der Waals surface area contributed by atoms with Crippen LogP contribution in [0.5, 0.6) is 17.2 Å². The van der Waals surface area contributed by atoms with Crippen molar-refractivity contribution < 1.29 is 23.8 Å². The van der Waals surface area contributed by atoms with E-state index in [0.29, 0.717) is 37.5 Å². The quantitative estimate of drug-likeness (QED) is 0.206. The molecule has 1 saturated heterocycles. The Balaban J connectivity index is 1.55. The fourth-order valence-electron chi connectivity index (χ4n) is 3.16. The number of thioether (sulfide) groups is 1. The van der Waals surface area contributed by atoms with Gasteiger partial charge in [0.1, 0.15) is 5.75 Å². The maximum atomic E-state index is 13.0. The molecule has 0 saturated carbocycles. The van der Waals surface area contributed by atoms with E-state index in [4.69, 9.17) is 26.4 Å². The van der Waals surface area contributed by atoms with Crippen LogP contribution in [0.15, 0.2) is 77.7 Å². The molecule has 166 valence electrons. The van der Waals surface area contributed by atoms with Gasteiger partial charge in [-0.05, 0) is 60.2 Å². The molecule has 1 fully saturated rings. The predicted molar refractivity (Wildman–Crippen MR) is 133 cm³/mol. The standard InChI is InChI=1S/C25H19NO5S2/c1-29-19-11-9-18(10-12-19)26-23(27)22(33-25(26)32)15-16-8-13-20(21(14-16)30-2)31-24(28)17-6-4-3-5-7-17/h3-15H,1-2H3. The Hall–Kier alpha value is -3.62. The Kier molecular flexibility index (Phi) is 6.76. The molecule has 1 heterocycles. The topological polar surface area (TPSA) is 65.1 Å². The highest BCUT2D eigenvalue weighted by molar-refractivity contribution is 8.27. The van der Waals surface area contributed by atoms with Crippen molar-refractivity contribution >= 4 is 51.9 Å². The molecule has 1 amide bonds. The zero-order valence-corrected chi connectivity index (χ0v) is 19.4. The number of nitrogens with zero attached hydrogens (tertiary/aromatic N) is 1. The molecule has 33 heavy (non-hydrogen) atoms. The smallest absolute Gasteiger partial charge is 0.343 e. The second-order valence-electron chi connectivity index (χ2n) is 6.88. The summed E-state index contributed by atoms with van der Waals surface area (Å²) >= 11 is 6.65. The van der Waals surface area contributed by atoms with Crippen LogP contribution in [0.4, 0.5) is 5.69 Å². The fourth-order valence-corrected chi connectivity index (χ4v) is 4.46. The average molecular weight is 478 g/mol. The van der Waals surface area contributed by atoms with Gasteiger partial charge < -0.3 is 14.2 Å². The van der Waals surface area contributed by atoms with E-state index < -0.39 is 5.97 Å². The highest BCUT2D eigenvalue weighted by Gasteiger charge is 2.33. The van der Waals surface area contributed by atoms with Crippen LogP contribution in [0.2, 0.25) is 0 Å². The summed E-state index contributed by atoms with van der Waals surface area (Å²) in [7, 11) is 3.07. The molecule has 3 aromatic carbocycles. The molecule has 0 unspecified atom stereocenters. The number of benzene rings is 3. The van der Waals surface area contributed by atoms with E-state index >= 15 is 0 Å². The normalized spacial score (nSPS) is 14.5. The lowest BCUT2D eigenvalue weighted by Gasteiger charge is -2.14. The number of carbonyl (C=O) groups excluding carboxylic acids is 2. The van der Waals surface area contributed by atoms with Crippen LogP contribution in [-0.4, -0.2) is 30.4 Å². The van der Waals surface area contributed by atoms with E-state index in [2.05, 4.69) is 0 Å². The van der Waals surface area contributed by atoms with Crippen LogP contribution in [0, 0.1) is 0 Å². The Morgan fingerprint density at radius 2 is 1.67 bits per heavy atom. The maximum Gasteiger partial charge on any atom is 0.343 e. The molecule has 8 heteroatoms. The summed E-state index contributed by atoms with van der Waals surface area (Å²) in [4.78, 5) is 27.4. The number of ether oxygens (including phenoxy) is 3. The fraction of sp³-hybridized carbons (Fsp3) is 0.0800. The summed E-state index contributed by atoms with van der Waals surface area (Å²) < 4.78 is 16.5. The Morgan fingerprint density at radius 1 is 0.939 bits per heavy atom. The minimum Gasteiger partial charge on any atom is -0.497 e. The van der Waals surface area contributed by atoms with Gasteiger partial charge in [-0.15, -0.1) is 0 Å². The second-order valence-corrected chi connectivity index (χ2v) is 8.56. The summed E-state index contributed by atoms with van der Waals surface area (Å²) in [6, 6.07) is 20.9. The Bertz CT molecular complexity index is 1240. The second kappa shape index (κ2) is 9.89. The third-order valence-corrected chi connectivity index (χ3v) is 6.12. The van der Waals surface area contributed by atoms with Crippen molar-refractivity contribution in [2.24, 2.45) is 0 Å². The first-order valence-electron chi connectivity index (χ1n) is 9.87. The average Bonchev–Trinajstić information content (AvgIpc) is 3.13. The number of rotatable bonds is 6. The minimum atomic E-state index is -0.484. The van der Waals surface area contributed by atoms with Crippen molar-refractivity contribution in [2.75, 3.05) is 19.1 Å². The zero-order chi connectivity index (χ0) is 23.4.